The Kier molecular flexibility index (Phi) is 4.33. The molecule has 1 atom stereocenters. The minimum Gasteiger partial charge on any atom is -0.375 e. The van der Waals surface area contributed by atoms with Crippen LogP contribution in [0.5, 0.6) is 0 Å². The first-order valence-electron chi connectivity index (χ1n) is 6.44. The number of carbonyl (C=O) groups is 1. The van der Waals surface area contributed by atoms with E-state index in [1.54, 1.807) is 0 Å². The Labute approximate surface area is 108 Å². The van der Waals surface area contributed by atoms with E-state index in [9.17, 15) is 4.79 Å². The van der Waals surface area contributed by atoms with E-state index in [4.69, 9.17) is 10.5 Å². The fourth-order valence-corrected chi connectivity index (χ4v) is 2.16. The van der Waals surface area contributed by atoms with Gasteiger partial charge in [-0.05, 0) is 24.1 Å². The van der Waals surface area contributed by atoms with Crippen molar-refractivity contribution in [2.45, 2.75) is 26.0 Å². The van der Waals surface area contributed by atoms with Crippen molar-refractivity contribution in [2.24, 2.45) is 5.73 Å². The van der Waals surface area contributed by atoms with Crippen LogP contribution in [0.25, 0.3) is 0 Å². The Morgan fingerprint density at radius 3 is 3.11 bits per heavy atom. The van der Waals surface area contributed by atoms with Gasteiger partial charge in [0.1, 0.15) is 0 Å². The number of hydrogen-bond acceptors (Lipinski definition) is 3. The molecule has 1 aliphatic heterocycles. The van der Waals surface area contributed by atoms with E-state index in [-0.39, 0.29) is 12.0 Å². The highest BCUT2D eigenvalue weighted by atomic mass is 16.5. The second-order valence-corrected chi connectivity index (χ2v) is 4.56. The summed E-state index contributed by atoms with van der Waals surface area (Å²) < 4.78 is 5.57. The third kappa shape index (κ3) is 2.89. The van der Waals surface area contributed by atoms with E-state index >= 15 is 0 Å². The average Bonchev–Trinajstić information content (AvgIpc) is 2.46. The molecule has 0 aromatic heterocycles. The van der Waals surface area contributed by atoms with Crippen LogP contribution < -0.4 is 5.73 Å². The van der Waals surface area contributed by atoms with Crippen LogP contribution in [0.15, 0.2) is 24.3 Å². The Morgan fingerprint density at radius 1 is 1.56 bits per heavy atom. The number of ether oxygens (including phenoxy) is 1. The molecule has 1 saturated heterocycles. The van der Waals surface area contributed by atoms with Gasteiger partial charge in [0.05, 0.1) is 12.7 Å². The van der Waals surface area contributed by atoms with Gasteiger partial charge in [-0.25, -0.2) is 0 Å². The summed E-state index contributed by atoms with van der Waals surface area (Å²) in [6.07, 6.45) is 1.10. The van der Waals surface area contributed by atoms with Crippen molar-refractivity contribution in [3.63, 3.8) is 0 Å². The zero-order valence-electron chi connectivity index (χ0n) is 10.8. The van der Waals surface area contributed by atoms with Gasteiger partial charge in [0.15, 0.2) is 0 Å². The van der Waals surface area contributed by atoms with Gasteiger partial charge in [0, 0.05) is 25.2 Å². The highest BCUT2D eigenvalue weighted by molar-refractivity contribution is 5.94. The van der Waals surface area contributed by atoms with Crippen LogP contribution in [-0.2, 0) is 11.3 Å². The first-order valence-corrected chi connectivity index (χ1v) is 6.44. The van der Waals surface area contributed by atoms with E-state index in [1.807, 2.05) is 29.2 Å². The lowest BCUT2D eigenvalue weighted by Crippen LogP contribution is -2.45. The van der Waals surface area contributed by atoms with E-state index in [0.29, 0.717) is 26.2 Å². The summed E-state index contributed by atoms with van der Waals surface area (Å²) in [5, 5.41) is 0. The van der Waals surface area contributed by atoms with Crippen molar-refractivity contribution in [1.82, 2.24) is 4.90 Å². The molecule has 1 aliphatic rings. The quantitative estimate of drug-likeness (QED) is 0.879. The second-order valence-electron chi connectivity index (χ2n) is 4.56. The van der Waals surface area contributed by atoms with Gasteiger partial charge < -0.3 is 15.4 Å². The van der Waals surface area contributed by atoms with Gasteiger partial charge in [0.25, 0.3) is 5.91 Å². The fraction of sp³-hybridized carbons (Fsp3) is 0.500. The average molecular weight is 248 g/mol. The smallest absolute Gasteiger partial charge is 0.254 e. The number of amides is 1. The van der Waals surface area contributed by atoms with Crippen LogP contribution in [0.1, 0.15) is 29.3 Å². The van der Waals surface area contributed by atoms with Crippen molar-refractivity contribution in [3.05, 3.63) is 35.4 Å². The molecule has 2 N–H and O–H groups in total. The van der Waals surface area contributed by atoms with Gasteiger partial charge in [-0.2, -0.15) is 0 Å². The molecule has 1 aromatic rings. The predicted molar refractivity (Wildman–Crippen MR) is 70.3 cm³/mol. The lowest BCUT2D eigenvalue weighted by molar-refractivity contribution is -0.0226. The summed E-state index contributed by atoms with van der Waals surface area (Å²) in [6, 6.07) is 7.54. The van der Waals surface area contributed by atoms with Crippen LogP contribution in [0, 0.1) is 0 Å². The molecule has 4 heteroatoms. The Balaban J connectivity index is 2.10. The predicted octanol–water partition coefficient (Wildman–Crippen LogP) is 1.40. The minimum absolute atomic E-state index is 0.0760. The van der Waals surface area contributed by atoms with Gasteiger partial charge in [-0.15, -0.1) is 0 Å². The third-order valence-corrected chi connectivity index (χ3v) is 3.29. The molecular weight excluding hydrogens is 228 g/mol. The maximum Gasteiger partial charge on any atom is 0.254 e. The Hall–Kier alpha value is -1.39. The molecule has 0 saturated carbocycles. The SMILES string of the molecule is CCC1CN(C(=O)c2cccc(CN)c2)CCO1. The van der Waals surface area contributed by atoms with Gasteiger partial charge >= 0.3 is 0 Å². The highest BCUT2D eigenvalue weighted by Crippen LogP contribution is 2.13. The summed E-state index contributed by atoms with van der Waals surface area (Å²) in [6.45, 7) is 4.51. The Morgan fingerprint density at radius 2 is 2.39 bits per heavy atom. The summed E-state index contributed by atoms with van der Waals surface area (Å²) in [4.78, 5) is 14.2. The van der Waals surface area contributed by atoms with Crippen molar-refractivity contribution >= 4 is 5.91 Å². The largest absolute Gasteiger partial charge is 0.375 e. The molecule has 0 spiro atoms. The lowest BCUT2D eigenvalue weighted by Gasteiger charge is -2.32. The number of benzene rings is 1. The zero-order valence-corrected chi connectivity index (χ0v) is 10.8. The maximum atomic E-state index is 12.4. The number of nitrogens with two attached hydrogens (primary N) is 1. The fourth-order valence-electron chi connectivity index (χ4n) is 2.16. The third-order valence-electron chi connectivity index (χ3n) is 3.29. The van der Waals surface area contributed by atoms with Gasteiger partial charge in [-0.3, -0.25) is 4.79 Å². The number of hydrogen-bond donors (Lipinski definition) is 1. The summed E-state index contributed by atoms with van der Waals surface area (Å²) in [7, 11) is 0. The van der Waals surface area contributed by atoms with Crippen molar-refractivity contribution in [1.29, 1.82) is 0 Å². The van der Waals surface area contributed by atoms with Crippen LogP contribution in [0.4, 0.5) is 0 Å². The van der Waals surface area contributed by atoms with E-state index in [2.05, 4.69) is 6.92 Å². The van der Waals surface area contributed by atoms with Crippen molar-refractivity contribution < 1.29 is 9.53 Å². The molecule has 0 bridgehead atoms. The molecule has 4 nitrogen and oxygen atoms in total. The summed E-state index contributed by atoms with van der Waals surface area (Å²) in [5.74, 6) is 0.0760. The van der Waals surface area contributed by atoms with Crippen LogP contribution in [0.3, 0.4) is 0 Å². The van der Waals surface area contributed by atoms with Crippen LogP contribution in [0.2, 0.25) is 0 Å². The van der Waals surface area contributed by atoms with E-state index in [1.165, 1.54) is 0 Å². The van der Waals surface area contributed by atoms with Gasteiger partial charge in [0.2, 0.25) is 0 Å². The first-order chi connectivity index (χ1) is 8.74. The highest BCUT2D eigenvalue weighted by Gasteiger charge is 2.23. The molecule has 18 heavy (non-hydrogen) atoms. The number of nitrogens with zero attached hydrogens (tertiary/aromatic N) is 1. The summed E-state index contributed by atoms with van der Waals surface area (Å²) >= 11 is 0. The number of morpholine rings is 1. The van der Waals surface area contributed by atoms with Crippen LogP contribution in [-0.4, -0.2) is 36.6 Å². The van der Waals surface area contributed by atoms with Crippen molar-refractivity contribution in [2.75, 3.05) is 19.7 Å². The lowest BCUT2D eigenvalue weighted by atomic mass is 10.1. The molecule has 98 valence electrons. The molecule has 1 heterocycles. The van der Waals surface area contributed by atoms with E-state index in [0.717, 1.165) is 17.5 Å². The molecule has 0 aliphatic carbocycles. The molecular formula is C14H20N2O2. The molecule has 1 unspecified atom stereocenters. The second kappa shape index (κ2) is 5.98. The van der Waals surface area contributed by atoms with E-state index < -0.39 is 0 Å². The normalized spacial score (nSPS) is 19.9. The molecule has 2 rings (SSSR count). The molecule has 1 aromatic carbocycles. The van der Waals surface area contributed by atoms with Gasteiger partial charge in [-0.1, -0.05) is 19.1 Å². The number of carbonyl (C=O) groups excluding carboxylic acids is 1. The monoisotopic (exact) mass is 248 g/mol. The van der Waals surface area contributed by atoms with Crippen LogP contribution >= 0.6 is 0 Å². The topological polar surface area (TPSA) is 55.6 Å². The molecule has 0 radical (unpaired) electrons. The molecule has 1 fully saturated rings. The van der Waals surface area contributed by atoms with Crippen molar-refractivity contribution in [3.8, 4) is 0 Å². The number of rotatable bonds is 3. The maximum absolute atomic E-state index is 12.4. The molecule has 1 amide bonds. The Bertz CT molecular complexity index is 420. The first kappa shape index (κ1) is 13.1. The zero-order chi connectivity index (χ0) is 13.0. The standard InChI is InChI=1S/C14H20N2O2/c1-2-13-10-16(6-7-18-13)14(17)12-5-3-4-11(8-12)9-15/h3-5,8,13H,2,6-7,9-10,15H2,1H3. The minimum atomic E-state index is 0.0760. The summed E-state index contributed by atoms with van der Waals surface area (Å²) in [5.41, 5.74) is 7.30.